The maximum Gasteiger partial charge on any atom is 0.123 e. The monoisotopic (exact) mass is 148 g/mol. The number of benzene rings is 1. The van der Waals surface area contributed by atoms with Gasteiger partial charge in [-0.3, -0.25) is 0 Å². The first-order valence-corrected chi connectivity index (χ1v) is 3.54. The topological polar surface area (TPSA) is 9.23 Å². The van der Waals surface area contributed by atoms with Gasteiger partial charge in [-0.1, -0.05) is 24.8 Å². The average molecular weight is 148 g/mol. The van der Waals surface area contributed by atoms with Gasteiger partial charge in [0.2, 0.25) is 0 Å². The Kier molecular flexibility index (Phi) is 1.01. The standard InChI is InChI=1S/C10H10O/c1-2-8-4-3-5-10-9(8)6-7-11-10/h2-5H,1,6-7H2/i6D2. The van der Waals surface area contributed by atoms with Crippen LogP contribution in [0.2, 0.25) is 0 Å². The number of hydrogen-bond donors (Lipinski definition) is 0. The molecule has 0 N–H and O–H groups in total. The van der Waals surface area contributed by atoms with Crippen LogP contribution in [0.3, 0.4) is 0 Å². The van der Waals surface area contributed by atoms with Gasteiger partial charge in [0.25, 0.3) is 0 Å². The molecule has 1 heteroatoms. The molecule has 1 aliphatic rings. The van der Waals surface area contributed by atoms with E-state index in [0.29, 0.717) is 11.3 Å². The molecule has 0 atom stereocenters. The summed E-state index contributed by atoms with van der Waals surface area (Å²) in [6.07, 6.45) is 0.283. The van der Waals surface area contributed by atoms with Crippen LogP contribution >= 0.6 is 0 Å². The number of rotatable bonds is 1. The predicted octanol–water partition coefficient (Wildman–Crippen LogP) is 2.26. The first-order valence-electron chi connectivity index (χ1n) is 4.54. The smallest absolute Gasteiger partial charge is 0.123 e. The molecular formula is C10H10O. The first kappa shape index (κ1) is 4.60. The Bertz CT molecular complexity index is 358. The zero-order chi connectivity index (χ0) is 9.47. The van der Waals surface area contributed by atoms with Crippen molar-refractivity contribution in [3.63, 3.8) is 0 Å². The summed E-state index contributed by atoms with van der Waals surface area (Å²) in [6.45, 7) is 3.76. The van der Waals surface area contributed by atoms with Crippen molar-refractivity contribution in [2.45, 2.75) is 6.37 Å². The van der Waals surface area contributed by atoms with Crippen LogP contribution in [0, 0.1) is 0 Å². The SMILES string of the molecule is [2H]C1([2H])COc2cccc(C=C)c21. The highest BCUT2D eigenvalue weighted by Gasteiger charge is 2.13. The molecule has 0 saturated carbocycles. The number of ether oxygens (including phenoxy) is 1. The molecule has 1 nitrogen and oxygen atoms in total. The first-order chi connectivity index (χ1) is 6.15. The Hall–Kier alpha value is -1.24. The molecule has 56 valence electrons. The van der Waals surface area contributed by atoms with E-state index < -0.39 is 6.37 Å². The van der Waals surface area contributed by atoms with Gasteiger partial charge < -0.3 is 4.74 Å². The van der Waals surface area contributed by atoms with E-state index in [4.69, 9.17) is 7.48 Å². The van der Waals surface area contributed by atoms with Crippen molar-refractivity contribution >= 4 is 6.08 Å². The van der Waals surface area contributed by atoms with Gasteiger partial charge in [-0.15, -0.1) is 0 Å². The van der Waals surface area contributed by atoms with Gasteiger partial charge in [0.15, 0.2) is 0 Å². The highest BCUT2D eigenvalue weighted by Crippen LogP contribution is 2.28. The second-order valence-corrected chi connectivity index (χ2v) is 2.39. The molecule has 0 unspecified atom stereocenters. The quantitative estimate of drug-likeness (QED) is 0.593. The fourth-order valence-corrected chi connectivity index (χ4v) is 1.21. The van der Waals surface area contributed by atoms with E-state index in [-0.39, 0.29) is 6.61 Å². The summed E-state index contributed by atoms with van der Waals surface area (Å²) >= 11 is 0. The van der Waals surface area contributed by atoms with E-state index in [0.717, 1.165) is 5.56 Å². The van der Waals surface area contributed by atoms with Crippen molar-refractivity contribution in [1.82, 2.24) is 0 Å². The second kappa shape index (κ2) is 2.42. The van der Waals surface area contributed by atoms with Crippen LogP contribution in [0.5, 0.6) is 5.75 Å². The van der Waals surface area contributed by atoms with Crippen molar-refractivity contribution in [3.05, 3.63) is 35.9 Å². The van der Waals surface area contributed by atoms with E-state index in [1.807, 2.05) is 12.1 Å². The molecule has 1 aromatic rings. The lowest BCUT2D eigenvalue weighted by atomic mass is 10.1. The zero-order valence-corrected chi connectivity index (χ0v) is 6.13. The average Bonchev–Trinajstić information content (AvgIpc) is 2.43. The van der Waals surface area contributed by atoms with Gasteiger partial charge in [-0.05, 0) is 11.6 Å². The maximum absolute atomic E-state index is 7.71. The third kappa shape index (κ3) is 0.929. The molecule has 0 spiro atoms. The van der Waals surface area contributed by atoms with Crippen molar-refractivity contribution in [2.24, 2.45) is 0 Å². The highest BCUT2D eigenvalue weighted by atomic mass is 16.5. The molecule has 11 heavy (non-hydrogen) atoms. The van der Waals surface area contributed by atoms with Gasteiger partial charge >= 0.3 is 0 Å². The number of hydrogen-bond acceptors (Lipinski definition) is 1. The number of fused-ring (bicyclic) bond motifs is 1. The van der Waals surface area contributed by atoms with Crippen molar-refractivity contribution in [2.75, 3.05) is 6.61 Å². The van der Waals surface area contributed by atoms with Crippen LogP contribution in [-0.4, -0.2) is 6.61 Å². The third-order valence-corrected chi connectivity index (χ3v) is 1.75. The van der Waals surface area contributed by atoms with Gasteiger partial charge in [-0.2, -0.15) is 0 Å². The van der Waals surface area contributed by atoms with Crippen LogP contribution in [-0.2, 0) is 6.37 Å². The van der Waals surface area contributed by atoms with Crippen molar-refractivity contribution < 1.29 is 7.48 Å². The summed E-state index contributed by atoms with van der Waals surface area (Å²) in [7, 11) is 0. The molecule has 0 saturated heterocycles. The third-order valence-electron chi connectivity index (χ3n) is 1.75. The molecule has 1 aliphatic heterocycles. The Balaban J connectivity index is 2.66. The van der Waals surface area contributed by atoms with E-state index in [9.17, 15) is 0 Å². The lowest BCUT2D eigenvalue weighted by molar-refractivity contribution is 0.357. The van der Waals surface area contributed by atoms with Gasteiger partial charge in [0.1, 0.15) is 5.75 Å². The zero-order valence-electron chi connectivity index (χ0n) is 8.13. The summed E-state index contributed by atoms with van der Waals surface area (Å²) in [4.78, 5) is 0. The van der Waals surface area contributed by atoms with Gasteiger partial charge in [0, 0.05) is 14.7 Å². The summed E-state index contributed by atoms with van der Waals surface area (Å²) in [5, 5.41) is 0. The van der Waals surface area contributed by atoms with Crippen molar-refractivity contribution in [3.8, 4) is 5.75 Å². The Morgan fingerprint density at radius 2 is 2.55 bits per heavy atom. The van der Waals surface area contributed by atoms with Crippen LogP contribution in [0.25, 0.3) is 6.08 Å². The summed E-state index contributed by atoms with van der Waals surface area (Å²) < 4.78 is 20.6. The maximum atomic E-state index is 7.71. The Morgan fingerprint density at radius 3 is 3.36 bits per heavy atom. The minimum absolute atomic E-state index is 0.104. The largest absolute Gasteiger partial charge is 0.493 e. The molecular weight excluding hydrogens is 136 g/mol. The van der Waals surface area contributed by atoms with Crippen LogP contribution in [0.1, 0.15) is 13.9 Å². The van der Waals surface area contributed by atoms with Gasteiger partial charge in [0.05, 0.1) is 6.61 Å². The lowest BCUT2D eigenvalue weighted by Gasteiger charge is -2.00. The normalized spacial score (nSPS) is 21.1. The highest BCUT2D eigenvalue weighted by molar-refractivity contribution is 5.57. The second-order valence-electron chi connectivity index (χ2n) is 2.39. The van der Waals surface area contributed by atoms with E-state index in [1.165, 1.54) is 0 Å². The van der Waals surface area contributed by atoms with Crippen LogP contribution < -0.4 is 4.74 Å². The minimum atomic E-state index is -1.37. The van der Waals surface area contributed by atoms with E-state index in [2.05, 4.69) is 6.58 Å². The Morgan fingerprint density at radius 1 is 1.64 bits per heavy atom. The fraction of sp³-hybridized carbons (Fsp3) is 0.200. The van der Waals surface area contributed by atoms with E-state index >= 15 is 0 Å². The molecule has 0 radical (unpaired) electrons. The van der Waals surface area contributed by atoms with Crippen molar-refractivity contribution in [1.29, 1.82) is 0 Å². The molecule has 0 bridgehead atoms. The van der Waals surface area contributed by atoms with Crippen LogP contribution in [0.15, 0.2) is 24.8 Å². The summed E-state index contributed by atoms with van der Waals surface area (Å²) in [5.74, 6) is 0.641. The predicted molar refractivity (Wildman–Crippen MR) is 45.7 cm³/mol. The minimum Gasteiger partial charge on any atom is -0.493 e. The lowest BCUT2D eigenvalue weighted by Crippen LogP contribution is -1.86. The summed E-state index contributed by atoms with van der Waals surface area (Å²) in [6, 6.07) is 5.47. The molecule has 2 rings (SSSR count). The fourth-order valence-electron chi connectivity index (χ4n) is 1.21. The van der Waals surface area contributed by atoms with Gasteiger partial charge in [-0.25, -0.2) is 0 Å². The molecule has 0 fully saturated rings. The molecule has 0 amide bonds. The van der Waals surface area contributed by atoms with E-state index in [1.54, 1.807) is 12.1 Å². The molecule has 0 aromatic heterocycles. The molecule has 0 aliphatic carbocycles. The summed E-state index contributed by atoms with van der Waals surface area (Å²) in [5.41, 5.74) is 1.45. The van der Waals surface area contributed by atoms with Crippen LogP contribution in [0.4, 0.5) is 0 Å². The molecule has 1 aromatic carbocycles. The Labute approximate surface area is 69.1 Å². The molecule has 1 heterocycles.